The maximum Gasteiger partial charge on any atom is 0.247 e. The summed E-state index contributed by atoms with van der Waals surface area (Å²) in [6, 6.07) is 18.4. The van der Waals surface area contributed by atoms with Crippen LogP contribution in [0.25, 0.3) is 11.0 Å². The average molecular weight is 472 g/mol. The van der Waals surface area contributed by atoms with Gasteiger partial charge >= 0.3 is 0 Å². The van der Waals surface area contributed by atoms with Gasteiger partial charge in [0.25, 0.3) is 0 Å². The van der Waals surface area contributed by atoms with E-state index in [0.717, 1.165) is 29.4 Å². The number of benzene rings is 2. The number of nitrogens with zero attached hydrogens (tertiary/aromatic N) is 4. The van der Waals surface area contributed by atoms with Crippen LogP contribution in [0.3, 0.4) is 0 Å². The van der Waals surface area contributed by atoms with Gasteiger partial charge in [0, 0.05) is 6.04 Å². The van der Waals surface area contributed by atoms with Crippen LogP contribution in [0.15, 0.2) is 71.3 Å². The highest BCUT2D eigenvalue weighted by Gasteiger charge is 2.41. The van der Waals surface area contributed by atoms with E-state index in [1.54, 1.807) is 21.9 Å². The molecule has 1 atom stereocenters. The minimum Gasteiger partial charge on any atom is -0.467 e. The Balaban J connectivity index is 1.45. The third-order valence-electron chi connectivity index (χ3n) is 6.40. The summed E-state index contributed by atoms with van der Waals surface area (Å²) < 4.78 is 6.98. The molecule has 8 heteroatoms. The molecule has 2 heterocycles. The minimum absolute atomic E-state index is 0.0152. The highest BCUT2D eigenvalue weighted by molar-refractivity contribution is 5.89. The molecule has 1 saturated carbocycles. The second kappa shape index (κ2) is 9.74. The molecule has 1 N–H and O–H groups in total. The van der Waals surface area contributed by atoms with E-state index < -0.39 is 6.04 Å². The van der Waals surface area contributed by atoms with Gasteiger partial charge in [-0.1, -0.05) is 55.5 Å². The Bertz CT molecular complexity index is 1310. The number of amides is 2. The highest BCUT2D eigenvalue weighted by Crippen LogP contribution is 2.36. The van der Waals surface area contributed by atoms with Gasteiger partial charge in [0.15, 0.2) is 0 Å². The first-order valence-corrected chi connectivity index (χ1v) is 12.0. The summed E-state index contributed by atoms with van der Waals surface area (Å²) in [6.45, 7) is 4.53. The van der Waals surface area contributed by atoms with Gasteiger partial charge < -0.3 is 14.6 Å². The zero-order chi connectivity index (χ0) is 24.4. The second-order valence-electron chi connectivity index (χ2n) is 9.29. The van der Waals surface area contributed by atoms with E-state index in [0.29, 0.717) is 11.7 Å². The molecule has 0 bridgehead atoms. The molecule has 0 radical (unpaired) electrons. The quantitative estimate of drug-likeness (QED) is 0.395. The lowest BCUT2D eigenvalue weighted by molar-refractivity contribution is -0.142. The number of para-hydroxylation sites is 1. The lowest BCUT2D eigenvalue weighted by Crippen LogP contribution is -2.46. The molecule has 180 valence electrons. The van der Waals surface area contributed by atoms with Crippen LogP contribution in [0.5, 0.6) is 0 Å². The first kappa shape index (κ1) is 22.8. The molecule has 0 saturated heterocycles. The molecule has 35 heavy (non-hydrogen) atoms. The molecule has 0 spiro atoms. The van der Waals surface area contributed by atoms with Crippen LogP contribution in [-0.2, 0) is 22.7 Å². The molecule has 0 unspecified atom stereocenters. The number of carbonyl (C=O) groups is 2. The van der Waals surface area contributed by atoms with Gasteiger partial charge in [-0.25, -0.2) is 4.68 Å². The summed E-state index contributed by atoms with van der Waals surface area (Å²) in [4.78, 5) is 29.0. The molecule has 2 aromatic heterocycles. The van der Waals surface area contributed by atoms with Gasteiger partial charge in [-0.2, -0.15) is 0 Å². The lowest BCUT2D eigenvalue weighted by Gasteiger charge is -2.31. The fourth-order valence-corrected chi connectivity index (χ4v) is 4.34. The Morgan fingerprint density at radius 2 is 1.80 bits per heavy atom. The Morgan fingerprint density at radius 3 is 2.49 bits per heavy atom. The zero-order valence-corrected chi connectivity index (χ0v) is 19.9. The first-order chi connectivity index (χ1) is 17.0. The third kappa shape index (κ3) is 4.96. The monoisotopic (exact) mass is 471 g/mol. The topological polar surface area (TPSA) is 93.3 Å². The van der Waals surface area contributed by atoms with Crippen LogP contribution in [-0.4, -0.2) is 37.7 Å². The highest BCUT2D eigenvalue weighted by atomic mass is 16.3. The first-order valence-electron chi connectivity index (χ1n) is 12.0. The van der Waals surface area contributed by atoms with Crippen LogP contribution in [0.4, 0.5) is 0 Å². The summed E-state index contributed by atoms with van der Waals surface area (Å²) in [5.74, 6) is 0.638. The molecule has 1 aliphatic rings. The summed E-state index contributed by atoms with van der Waals surface area (Å²) in [5, 5.41) is 11.3. The van der Waals surface area contributed by atoms with Crippen LogP contribution in [0, 0.1) is 0 Å². The Morgan fingerprint density at radius 1 is 1.06 bits per heavy atom. The molecular weight excluding hydrogens is 442 g/mol. The molecule has 0 aliphatic heterocycles. The van der Waals surface area contributed by atoms with Crippen LogP contribution in [0.1, 0.15) is 55.5 Å². The molecule has 1 aliphatic carbocycles. The molecule has 8 nitrogen and oxygen atoms in total. The minimum atomic E-state index is -0.749. The largest absolute Gasteiger partial charge is 0.467 e. The summed E-state index contributed by atoms with van der Waals surface area (Å²) >= 11 is 0. The Kier molecular flexibility index (Phi) is 6.35. The van der Waals surface area contributed by atoms with E-state index in [-0.39, 0.29) is 30.9 Å². The molecule has 2 aromatic carbocycles. The number of furan rings is 1. The smallest absolute Gasteiger partial charge is 0.247 e. The fourth-order valence-electron chi connectivity index (χ4n) is 4.34. The van der Waals surface area contributed by atoms with Crippen LogP contribution < -0.4 is 5.32 Å². The van der Waals surface area contributed by atoms with Gasteiger partial charge in [-0.05, 0) is 54.2 Å². The number of hydrogen-bond acceptors (Lipinski definition) is 5. The molecular formula is C27H29N5O3. The number of hydrogen-bond donors (Lipinski definition) is 1. The van der Waals surface area contributed by atoms with Crippen molar-refractivity contribution in [2.45, 2.75) is 57.8 Å². The van der Waals surface area contributed by atoms with Crippen molar-refractivity contribution in [2.75, 3.05) is 0 Å². The number of carbonyl (C=O) groups excluding carboxylic acids is 2. The van der Waals surface area contributed by atoms with Crippen molar-refractivity contribution in [1.29, 1.82) is 0 Å². The average Bonchev–Trinajstić information content (AvgIpc) is 3.40. The van der Waals surface area contributed by atoms with Gasteiger partial charge in [-0.3, -0.25) is 9.59 Å². The van der Waals surface area contributed by atoms with Crippen molar-refractivity contribution in [1.82, 2.24) is 25.2 Å². The molecule has 4 aromatic rings. The molecule has 2 amide bonds. The van der Waals surface area contributed by atoms with Gasteiger partial charge in [0.05, 0.1) is 18.3 Å². The van der Waals surface area contributed by atoms with Crippen molar-refractivity contribution >= 4 is 22.8 Å². The van der Waals surface area contributed by atoms with E-state index in [2.05, 4.69) is 29.5 Å². The van der Waals surface area contributed by atoms with Crippen molar-refractivity contribution in [3.63, 3.8) is 0 Å². The lowest BCUT2D eigenvalue weighted by atomic mass is 9.97. The van der Waals surface area contributed by atoms with E-state index >= 15 is 0 Å². The molecule has 1 fully saturated rings. The van der Waals surface area contributed by atoms with Crippen molar-refractivity contribution in [3.05, 3.63) is 83.8 Å². The summed E-state index contributed by atoms with van der Waals surface area (Å²) in [5.41, 5.74) is 3.49. The van der Waals surface area contributed by atoms with E-state index in [4.69, 9.17) is 4.42 Å². The molecule has 5 rings (SSSR count). The predicted molar refractivity (Wildman–Crippen MR) is 131 cm³/mol. The van der Waals surface area contributed by atoms with Crippen molar-refractivity contribution in [2.24, 2.45) is 0 Å². The number of nitrogens with one attached hydrogen (secondary N) is 1. The maximum atomic E-state index is 13.7. The fraction of sp³-hybridized carbons (Fsp3) is 0.333. The second-order valence-corrected chi connectivity index (χ2v) is 9.29. The predicted octanol–water partition coefficient (Wildman–Crippen LogP) is 4.20. The zero-order valence-electron chi connectivity index (χ0n) is 19.9. The van der Waals surface area contributed by atoms with Gasteiger partial charge in [0.2, 0.25) is 11.8 Å². The van der Waals surface area contributed by atoms with Gasteiger partial charge in [-0.15, -0.1) is 5.10 Å². The Labute approximate surface area is 203 Å². The SMILES string of the molecule is CC(C)c1ccc([C@H](C(=O)NCc2ccco2)N(C(=O)Cn2nnc3ccccc32)C2CC2)cc1. The van der Waals surface area contributed by atoms with E-state index in [9.17, 15) is 9.59 Å². The normalized spacial score (nSPS) is 14.3. The number of rotatable bonds is 9. The Hall–Kier alpha value is -3.94. The van der Waals surface area contributed by atoms with Crippen molar-refractivity contribution in [3.8, 4) is 0 Å². The van der Waals surface area contributed by atoms with Gasteiger partial charge in [0.1, 0.15) is 23.9 Å². The third-order valence-corrected chi connectivity index (χ3v) is 6.40. The van der Waals surface area contributed by atoms with Crippen LogP contribution >= 0.6 is 0 Å². The van der Waals surface area contributed by atoms with E-state index in [1.165, 1.54) is 5.56 Å². The van der Waals surface area contributed by atoms with Crippen molar-refractivity contribution < 1.29 is 14.0 Å². The summed E-state index contributed by atoms with van der Waals surface area (Å²) in [7, 11) is 0. The van der Waals surface area contributed by atoms with Crippen LogP contribution in [0.2, 0.25) is 0 Å². The standard InChI is InChI=1S/C27H29N5O3/c1-18(2)19-9-11-20(12-10-19)26(27(34)28-16-22-6-5-15-35-22)32(21-13-14-21)25(33)17-31-24-8-4-3-7-23(24)29-30-31/h3-12,15,18,21,26H,13-14,16-17H2,1-2H3,(H,28,34)/t26-/m1/s1. The maximum absolute atomic E-state index is 13.7. The van der Waals surface area contributed by atoms with E-state index in [1.807, 2.05) is 54.6 Å². The number of aromatic nitrogens is 3. The summed E-state index contributed by atoms with van der Waals surface area (Å²) in [6.07, 6.45) is 3.32. The number of fused-ring (bicyclic) bond motifs is 1.